The van der Waals surface area contributed by atoms with Gasteiger partial charge in [-0.3, -0.25) is 9.59 Å². The van der Waals surface area contributed by atoms with Crippen LogP contribution >= 0.6 is 0 Å². The number of halogens is 3. The number of Topliss-reactive ketones (excluding diaryl/α,β-unsaturated/α-hetero) is 2. The number of hydrogen-bond acceptors (Lipinski definition) is 3. The fourth-order valence-electron chi connectivity index (χ4n) is 11.0. The van der Waals surface area contributed by atoms with Crippen LogP contribution in [0.1, 0.15) is 99.8 Å². The van der Waals surface area contributed by atoms with Crippen LogP contribution in [0.5, 0.6) is 0 Å². The molecule has 0 saturated heterocycles. The molecule has 5 rings (SSSR count). The van der Waals surface area contributed by atoms with Gasteiger partial charge in [-0.1, -0.05) is 54.5 Å². The predicted molar refractivity (Wildman–Crippen MR) is 149 cm³/mol. The van der Waals surface area contributed by atoms with Crippen molar-refractivity contribution in [2.45, 2.75) is 106 Å². The highest BCUT2D eigenvalue weighted by Gasteiger charge is 2.72. The number of fused-ring (bicyclic) bond motifs is 7. The van der Waals surface area contributed by atoms with Crippen LogP contribution in [0.25, 0.3) is 4.85 Å². The van der Waals surface area contributed by atoms with Crippen molar-refractivity contribution in [2.75, 3.05) is 6.54 Å². The molecule has 1 amide bonds. The first-order valence-corrected chi connectivity index (χ1v) is 15.2. The molecule has 0 aliphatic heterocycles. The van der Waals surface area contributed by atoms with E-state index in [9.17, 15) is 27.6 Å². The highest BCUT2D eigenvalue weighted by molar-refractivity contribution is 6.02. The smallest absolute Gasteiger partial charge is 0.348 e. The van der Waals surface area contributed by atoms with Crippen molar-refractivity contribution in [3.8, 4) is 0 Å². The number of nitrogens with one attached hydrogen (secondary N) is 1. The molecule has 5 nitrogen and oxygen atoms in total. The number of hydrogen-bond donors (Lipinski definition) is 1. The van der Waals surface area contributed by atoms with Gasteiger partial charge in [0.2, 0.25) is 5.70 Å². The molecule has 8 atom stereocenters. The van der Waals surface area contributed by atoms with E-state index in [4.69, 9.17) is 6.57 Å². The van der Waals surface area contributed by atoms with Crippen LogP contribution in [0.3, 0.4) is 0 Å². The van der Waals surface area contributed by atoms with Crippen molar-refractivity contribution < 1.29 is 27.6 Å². The lowest BCUT2D eigenvalue weighted by atomic mass is 9.31. The number of carbonyl (C=O) groups excluding carboxylic acids is 3. The number of alkyl halides is 3. The fourth-order valence-corrected chi connectivity index (χ4v) is 11.0. The van der Waals surface area contributed by atoms with Crippen molar-refractivity contribution in [3.63, 3.8) is 0 Å². The van der Waals surface area contributed by atoms with Crippen LogP contribution in [0.4, 0.5) is 13.2 Å². The number of amides is 1. The van der Waals surface area contributed by atoms with Crippen LogP contribution in [0.2, 0.25) is 0 Å². The molecule has 0 aromatic rings. The van der Waals surface area contributed by atoms with Gasteiger partial charge in [-0.25, -0.2) is 4.85 Å². The summed E-state index contributed by atoms with van der Waals surface area (Å²) in [5.74, 6) is -2.30. The van der Waals surface area contributed by atoms with E-state index in [1.54, 1.807) is 0 Å². The highest BCUT2D eigenvalue weighted by atomic mass is 19.4. The second-order valence-corrected chi connectivity index (χ2v) is 16.2. The summed E-state index contributed by atoms with van der Waals surface area (Å²) in [6.07, 6.45) is 2.63. The Hall–Kier alpha value is -2.17. The first kappa shape index (κ1) is 30.3. The van der Waals surface area contributed by atoms with Gasteiger partial charge >= 0.3 is 12.1 Å². The van der Waals surface area contributed by atoms with E-state index < -0.39 is 28.3 Å². The molecule has 0 heterocycles. The van der Waals surface area contributed by atoms with Crippen LogP contribution in [-0.2, 0) is 14.4 Å². The molecule has 8 heteroatoms. The Morgan fingerprint density at radius 1 is 0.976 bits per heavy atom. The van der Waals surface area contributed by atoms with Gasteiger partial charge in [0.05, 0.1) is 6.57 Å². The minimum atomic E-state index is -4.94. The molecule has 4 saturated carbocycles. The first-order valence-electron chi connectivity index (χ1n) is 15.2. The standard InChI is InChI=1S/C33H45F3N2O3/c1-27(2)11-13-32(18-38-26(41)33(34,35)36)14-12-31(7)24(19(32)16-27)21(39)15-23-29(5)17-20(37-8)25(40)28(3,4)22(29)9-10-30(23,31)6/h17,19,22-24H,9-16,18H2,1-7H3,(H,38,41)/t19-,22-,23+,24-,29-,30+,31+,32+/m0/s1. The lowest BCUT2D eigenvalue weighted by Crippen LogP contribution is -2.69. The topological polar surface area (TPSA) is 67.6 Å². The van der Waals surface area contributed by atoms with E-state index in [-0.39, 0.29) is 63.7 Å². The Kier molecular flexibility index (Phi) is 6.59. The molecule has 0 unspecified atom stereocenters. The molecule has 0 radical (unpaired) electrons. The zero-order chi connectivity index (χ0) is 30.6. The third-order valence-corrected chi connectivity index (χ3v) is 13.5. The van der Waals surface area contributed by atoms with Crippen LogP contribution in [-0.4, -0.2) is 30.2 Å². The molecule has 41 heavy (non-hydrogen) atoms. The molecule has 0 aromatic heterocycles. The van der Waals surface area contributed by atoms with Crippen molar-refractivity contribution in [3.05, 3.63) is 23.2 Å². The molecule has 0 spiro atoms. The minimum Gasteiger partial charge on any atom is -0.348 e. The van der Waals surface area contributed by atoms with Gasteiger partial charge in [0, 0.05) is 24.3 Å². The quantitative estimate of drug-likeness (QED) is 0.352. The van der Waals surface area contributed by atoms with E-state index >= 15 is 0 Å². The number of carbonyl (C=O) groups is 3. The van der Waals surface area contributed by atoms with Crippen molar-refractivity contribution in [2.24, 2.45) is 56.2 Å². The third kappa shape index (κ3) is 4.10. The van der Waals surface area contributed by atoms with Crippen LogP contribution in [0.15, 0.2) is 11.8 Å². The van der Waals surface area contributed by atoms with E-state index in [2.05, 4.69) is 44.8 Å². The number of allylic oxidation sites excluding steroid dienone is 2. The van der Waals surface area contributed by atoms with Gasteiger partial charge < -0.3 is 10.1 Å². The SMILES string of the molecule is [C-]#[N+]C1=C[C@]2(C)[C@H]3CC(=O)[C@@H]4[C@@H]5CC(C)(C)CC[C@]5(CNC(=O)C(F)(F)F)CC[C@@]4(C)[C@]3(C)CC[C@H]2C(C)(C)C1=O. The molecular weight excluding hydrogens is 529 g/mol. The first-order chi connectivity index (χ1) is 18.7. The largest absolute Gasteiger partial charge is 0.471 e. The van der Waals surface area contributed by atoms with Crippen LogP contribution < -0.4 is 5.32 Å². The average molecular weight is 575 g/mol. The van der Waals surface area contributed by atoms with Gasteiger partial charge in [0.15, 0.2) is 5.78 Å². The summed E-state index contributed by atoms with van der Waals surface area (Å²) in [4.78, 5) is 43.3. The van der Waals surface area contributed by atoms with Gasteiger partial charge in [-0.2, -0.15) is 13.2 Å². The zero-order valence-corrected chi connectivity index (χ0v) is 25.6. The van der Waals surface area contributed by atoms with Crippen molar-refractivity contribution >= 4 is 17.5 Å². The van der Waals surface area contributed by atoms with Crippen LogP contribution in [0, 0.1) is 62.7 Å². The van der Waals surface area contributed by atoms with E-state index in [0.717, 1.165) is 25.7 Å². The Morgan fingerprint density at radius 2 is 1.61 bits per heavy atom. The summed E-state index contributed by atoms with van der Waals surface area (Å²) in [7, 11) is 0. The summed E-state index contributed by atoms with van der Waals surface area (Å²) in [6.45, 7) is 22.6. The molecule has 226 valence electrons. The third-order valence-electron chi connectivity index (χ3n) is 13.5. The number of ketones is 2. The second kappa shape index (κ2) is 8.92. The maximum absolute atomic E-state index is 14.5. The normalized spacial score (nSPS) is 44.8. The van der Waals surface area contributed by atoms with Gasteiger partial charge in [-0.05, 0) is 89.8 Å². The maximum atomic E-state index is 14.5. The van der Waals surface area contributed by atoms with Crippen molar-refractivity contribution in [1.82, 2.24) is 5.32 Å². The second-order valence-electron chi connectivity index (χ2n) is 16.2. The summed E-state index contributed by atoms with van der Waals surface area (Å²) < 4.78 is 39.5. The maximum Gasteiger partial charge on any atom is 0.471 e. The molecule has 0 aromatic carbocycles. The molecule has 1 N–H and O–H groups in total. The van der Waals surface area contributed by atoms with Gasteiger partial charge in [-0.15, -0.1) is 0 Å². The predicted octanol–water partition coefficient (Wildman–Crippen LogP) is 7.32. The Bertz CT molecular complexity index is 1260. The summed E-state index contributed by atoms with van der Waals surface area (Å²) >= 11 is 0. The molecule has 0 bridgehead atoms. The molecular formula is C33H45F3N2O3. The monoisotopic (exact) mass is 574 g/mol. The molecule has 4 fully saturated rings. The fraction of sp³-hybridized carbons (Fsp3) is 0.818. The molecule has 5 aliphatic rings. The van der Waals surface area contributed by atoms with E-state index in [1.807, 2.05) is 19.9 Å². The van der Waals surface area contributed by atoms with E-state index in [0.29, 0.717) is 25.7 Å². The Morgan fingerprint density at radius 3 is 2.22 bits per heavy atom. The lowest BCUT2D eigenvalue weighted by molar-refractivity contribution is -0.222. The average Bonchev–Trinajstić information content (AvgIpc) is 2.86. The van der Waals surface area contributed by atoms with Crippen molar-refractivity contribution in [1.29, 1.82) is 0 Å². The number of nitrogens with zero attached hydrogens (tertiary/aromatic N) is 1. The molecule has 5 aliphatic carbocycles. The lowest BCUT2D eigenvalue weighted by Gasteiger charge is -2.72. The Balaban J connectivity index is 1.57. The summed E-state index contributed by atoms with van der Waals surface area (Å²) in [5.41, 5.74) is -2.24. The van der Waals surface area contributed by atoms with Gasteiger partial charge in [0.1, 0.15) is 5.78 Å². The minimum absolute atomic E-state index is 0.0212. The highest BCUT2D eigenvalue weighted by Crippen LogP contribution is 2.75. The van der Waals surface area contributed by atoms with E-state index in [1.165, 1.54) is 0 Å². The van der Waals surface area contributed by atoms with Gasteiger partial charge in [0.25, 0.3) is 0 Å². The summed E-state index contributed by atoms with van der Waals surface area (Å²) in [6, 6.07) is 0. The summed E-state index contributed by atoms with van der Waals surface area (Å²) in [5, 5.41) is 2.22. The number of rotatable bonds is 2. The Labute approximate surface area is 242 Å². The zero-order valence-electron chi connectivity index (χ0n) is 25.6.